The number of hydrogen-bond donors (Lipinski definition) is 1. The average Bonchev–Trinajstić information content (AvgIpc) is 2.69. The third-order valence-electron chi connectivity index (χ3n) is 4.11. The maximum Gasteiger partial charge on any atom is 0.256 e. The lowest BCUT2D eigenvalue weighted by Crippen LogP contribution is -2.15. The molecule has 0 atom stereocenters. The second kappa shape index (κ2) is 9.87. The highest BCUT2D eigenvalue weighted by Crippen LogP contribution is 2.30. The third kappa shape index (κ3) is 5.92. The number of likely N-dealkylation sites (N-methyl/N-ethyl adjacent to an activating group) is 1. The molecule has 2 aromatic carbocycles. The van der Waals surface area contributed by atoms with Gasteiger partial charge in [0.2, 0.25) is 0 Å². The van der Waals surface area contributed by atoms with E-state index in [4.69, 9.17) is 0 Å². The number of rotatable bonds is 7. The summed E-state index contributed by atoms with van der Waals surface area (Å²) in [5.41, 5.74) is 2.68. The van der Waals surface area contributed by atoms with Crippen LogP contribution in [0.5, 0.6) is 0 Å². The predicted octanol–water partition coefficient (Wildman–Crippen LogP) is 5.35. The van der Waals surface area contributed by atoms with Gasteiger partial charge in [0.05, 0.1) is 5.56 Å². The average molecular weight is 456 g/mol. The first-order valence-corrected chi connectivity index (χ1v) is 10.6. The summed E-state index contributed by atoms with van der Waals surface area (Å²) in [6.07, 6.45) is 2.74. The smallest absolute Gasteiger partial charge is 0.256 e. The van der Waals surface area contributed by atoms with Crippen LogP contribution >= 0.6 is 27.7 Å². The molecular formula is C22H22BrN3OS. The molecular weight excluding hydrogens is 434 g/mol. The molecule has 28 heavy (non-hydrogen) atoms. The lowest BCUT2D eigenvalue weighted by molar-refractivity contribution is 0.102. The maximum atomic E-state index is 12.8. The first-order valence-electron chi connectivity index (χ1n) is 8.95. The fourth-order valence-corrected chi connectivity index (χ4v) is 3.70. The molecule has 0 aliphatic rings. The van der Waals surface area contributed by atoms with Gasteiger partial charge in [-0.2, -0.15) is 0 Å². The standard InChI is InChI=1S/C22H22BrN3OS/c1-26(2)14-13-16-7-10-18(11-8-16)25-22(27)19-5-3-4-6-20(19)28-21-12-9-17(23)15-24-21/h3-12,15H,13-14H2,1-2H3,(H,25,27). The number of pyridine rings is 1. The quantitative estimate of drug-likeness (QED) is 0.521. The van der Waals surface area contributed by atoms with Crippen molar-refractivity contribution in [1.82, 2.24) is 9.88 Å². The molecule has 1 N–H and O–H groups in total. The van der Waals surface area contributed by atoms with Crippen LogP contribution in [0, 0.1) is 0 Å². The first-order chi connectivity index (χ1) is 13.5. The van der Waals surface area contributed by atoms with E-state index in [2.05, 4.69) is 57.4 Å². The van der Waals surface area contributed by atoms with Crippen LogP contribution in [0.15, 0.2) is 81.3 Å². The van der Waals surface area contributed by atoms with E-state index in [1.165, 1.54) is 17.3 Å². The minimum Gasteiger partial charge on any atom is -0.322 e. The largest absolute Gasteiger partial charge is 0.322 e. The van der Waals surface area contributed by atoms with Gasteiger partial charge in [-0.15, -0.1) is 0 Å². The topological polar surface area (TPSA) is 45.2 Å². The molecule has 0 saturated heterocycles. The van der Waals surface area contributed by atoms with E-state index in [1.807, 2.05) is 48.5 Å². The van der Waals surface area contributed by atoms with Gasteiger partial charge in [-0.1, -0.05) is 36.0 Å². The van der Waals surface area contributed by atoms with Crippen LogP contribution in [0.2, 0.25) is 0 Å². The second-order valence-corrected chi connectivity index (χ2v) is 8.60. The Morgan fingerprint density at radius 2 is 1.82 bits per heavy atom. The van der Waals surface area contributed by atoms with Crippen LogP contribution in [-0.4, -0.2) is 36.4 Å². The van der Waals surface area contributed by atoms with Crippen molar-refractivity contribution in [2.45, 2.75) is 16.3 Å². The summed E-state index contributed by atoms with van der Waals surface area (Å²) < 4.78 is 0.928. The minimum absolute atomic E-state index is 0.124. The molecule has 0 saturated carbocycles. The van der Waals surface area contributed by atoms with Gasteiger partial charge in [-0.25, -0.2) is 4.98 Å². The van der Waals surface area contributed by atoms with E-state index in [0.29, 0.717) is 5.56 Å². The number of benzene rings is 2. The molecule has 3 rings (SSSR count). The van der Waals surface area contributed by atoms with E-state index in [-0.39, 0.29) is 5.91 Å². The predicted molar refractivity (Wildman–Crippen MR) is 119 cm³/mol. The van der Waals surface area contributed by atoms with Gasteiger partial charge in [0.15, 0.2) is 0 Å². The molecule has 1 amide bonds. The number of amides is 1. The summed E-state index contributed by atoms with van der Waals surface area (Å²) in [7, 11) is 4.13. The van der Waals surface area contributed by atoms with E-state index in [9.17, 15) is 4.79 Å². The molecule has 3 aromatic rings. The van der Waals surface area contributed by atoms with Crippen molar-refractivity contribution in [3.63, 3.8) is 0 Å². The number of carbonyl (C=O) groups is 1. The van der Waals surface area contributed by atoms with E-state index in [1.54, 1.807) is 6.20 Å². The van der Waals surface area contributed by atoms with Gasteiger partial charge in [0.25, 0.3) is 5.91 Å². The van der Waals surface area contributed by atoms with Crippen molar-refractivity contribution >= 4 is 39.3 Å². The van der Waals surface area contributed by atoms with Gasteiger partial charge in [0, 0.05) is 27.8 Å². The van der Waals surface area contributed by atoms with Gasteiger partial charge < -0.3 is 10.2 Å². The van der Waals surface area contributed by atoms with Crippen molar-refractivity contribution in [1.29, 1.82) is 0 Å². The SMILES string of the molecule is CN(C)CCc1ccc(NC(=O)c2ccccc2Sc2ccc(Br)cn2)cc1. The zero-order valence-electron chi connectivity index (χ0n) is 15.9. The molecule has 144 valence electrons. The highest BCUT2D eigenvalue weighted by Gasteiger charge is 2.13. The molecule has 0 spiro atoms. The van der Waals surface area contributed by atoms with Crippen molar-refractivity contribution in [2.75, 3.05) is 26.0 Å². The summed E-state index contributed by atoms with van der Waals surface area (Å²) in [5.74, 6) is -0.124. The Hall–Kier alpha value is -2.15. The van der Waals surface area contributed by atoms with Crippen LogP contribution in [-0.2, 0) is 6.42 Å². The molecule has 1 heterocycles. The summed E-state index contributed by atoms with van der Waals surface area (Å²) in [4.78, 5) is 20.2. The Bertz CT molecular complexity index is 927. The fourth-order valence-electron chi connectivity index (χ4n) is 2.58. The number of anilines is 1. The molecule has 0 radical (unpaired) electrons. The molecule has 0 aliphatic heterocycles. The summed E-state index contributed by atoms with van der Waals surface area (Å²) >= 11 is 4.87. The normalized spacial score (nSPS) is 10.9. The van der Waals surface area contributed by atoms with Crippen LogP contribution < -0.4 is 5.32 Å². The van der Waals surface area contributed by atoms with E-state index in [0.717, 1.165) is 33.0 Å². The Morgan fingerprint density at radius 3 is 2.50 bits per heavy atom. The summed E-state index contributed by atoms with van der Waals surface area (Å²) in [6, 6.07) is 19.5. The molecule has 0 unspecified atom stereocenters. The number of nitrogens with zero attached hydrogens (tertiary/aromatic N) is 2. The van der Waals surface area contributed by atoms with Crippen molar-refractivity contribution < 1.29 is 4.79 Å². The van der Waals surface area contributed by atoms with Gasteiger partial charge in [-0.05, 0) is 78.4 Å². The van der Waals surface area contributed by atoms with Crippen molar-refractivity contribution in [3.8, 4) is 0 Å². The number of nitrogens with one attached hydrogen (secondary N) is 1. The Morgan fingerprint density at radius 1 is 1.07 bits per heavy atom. The number of hydrogen-bond acceptors (Lipinski definition) is 4. The van der Waals surface area contributed by atoms with Crippen LogP contribution in [0.25, 0.3) is 0 Å². The van der Waals surface area contributed by atoms with Gasteiger partial charge in [-0.3, -0.25) is 4.79 Å². The Balaban J connectivity index is 1.70. The summed E-state index contributed by atoms with van der Waals surface area (Å²) in [5, 5.41) is 3.84. The highest BCUT2D eigenvalue weighted by atomic mass is 79.9. The molecule has 1 aromatic heterocycles. The van der Waals surface area contributed by atoms with E-state index < -0.39 is 0 Å². The Labute approximate surface area is 178 Å². The highest BCUT2D eigenvalue weighted by molar-refractivity contribution is 9.10. The Kier molecular flexibility index (Phi) is 7.25. The van der Waals surface area contributed by atoms with Gasteiger partial charge >= 0.3 is 0 Å². The number of carbonyl (C=O) groups excluding carboxylic acids is 1. The van der Waals surface area contributed by atoms with Crippen LogP contribution in [0.3, 0.4) is 0 Å². The maximum absolute atomic E-state index is 12.8. The molecule has 0 bridgehead atoms. The van der Waals surface area contributed by atoms with Gasteiger partial charge in [0.1, 0.15) is 5.03 Å². The minimum atomic E-state index is -0.124. The fraction of sp³-hybridized carbons (Fsp3) is 0.182. The zero-order chi connectivity index (χ0) is 19.9. The lowest BCUT2D eigenvalue weighted by Gasteiger charge is -2.11. The molecule has 6 heteroatoms. The second-order valence-electron chi connectivity index (χ2n) is 6.62. The van der Waals surface area contributed by atoms with Crippen LogP contribution in [0.4, 0.5) is 5.69 Å². The van der Waals surface area contributed by atoms with Crippen LogP contribution in [0.1, 0.15) is 15.9 Å². The zero-order valence-corrected chi connectivity index (χ0v) is 18.3. The van der Waals surface area contributed by atoms with E-state index >= 15 is 0 Å². The molecule has 0 fully saturated rings. The monoisotopic (exact) mass is 455 g/mol. The number of halogens is 1. The van der Waals surface area contributed by atoms with Crippen molar-refractivity contribution in [3.05, 3.63) is 82.5 Å². The number of aromatic nitrogens is 1. The molecule has 4 nitrogen and oxygen atoms in total. The molecule has 0 aliphatic carbocycles. The summed E-state index contributed by atoms with van der Waals surface area (Å²) in [6.45, 7) is 1.00. The van der Waals surface area contributed by atoms with Crippen molar-refractivity contribution in [2.24, 2.45) is 0 Å². The lowest BCUT2D eigenvalue weighted by atomic mass is 10.1. The first kappa shape index (κ1) is 20.6. The third-order valence-corrected chi connectivity index (χ3v) is 5.60.